The molecule has 0 heterocycles. The number of aryl methyl sites for hydroxylation is 1. The van der Waals surface area contributed by atoms with Crippen LogP contribution in [0.5, 0.6) is 5.75 Å². The summed E-state index contributed by atoms with van der Waals surface area (Å²) in [6.45, 7) is 7.16. The minimum atomic E-state index is 0.134. The third-order valence-electron chi connectivity index (χ3n) is 2.23. The summed E-state index contributed by atoms with van der Waals surface area (Å²) in [7, 11) is 0. The van der Waals surface area contributed by atoms with Gasteiger partial charge in [-0.25, -0.2) is 0 Å². The zero-order valence-electron chi connectivity index (χ0n) is 8.54. The molecule has 1 rings (SSSR count). The van der Waals surface area contributed by atoms with Crippen molar-refractivity contribution in [2.75, 3.05) is 5.88 Å². The molecule has 0 aliphatic carbocycles. The summed E-state index contributed by atoms with van der Waals surface area (Å²) >= 11 is 5.64. The number of aromatic hydroxyl groups is 1. The molecule has 1 aromatic rings. The third kappa shape index (κ3) is 2.60. The Bertz CT molecular complexity index is 374. The maximum absolute atomic E-state index is 9.56. The fourth-order valence-electron chi connectivity index (χ4n) is 1.51. The molecule has 2 nitrogen and oxygen atoms in total. The number of alkyl halides is 1. The van der Waals surface area contributed by atoms with Gasteiger partial charge in [0.15, 0.2) is 0 Å². The zero-order valence-corrected chi connectivity index (χ0v) is 9.30. The van der Waals surface area contributed by atoms with E-state index in [1.54, 1.807) is 12.1 Å². The maximum Gasteiger partial charge on any atom is 0.141 e. The van der Waals surface area contributed by atoms with E-state index in [1.165, 1.54) is 0 Å². The van der Waals surface area contributed by atoms with Gasteiger partial charge in [-0.3, -0.25) is 4.99 Å². The van der Waals surface area contributed by atoms with Gasteiger partial charge < -0.3 is 5.11 Å². The molecule has 0 amide bonds. The van der Waals surface area contributed by atoms with E-state index in [1.807, 2.05) is 6.07 Å². The van der Waals surface area contributed by atoms with Gasteiger partial charge in [0.2, 0.25) is 0 Å². The molecule has 0 aromatic heterocycles. The molecule has 15 heavy (non-hydrogen) atoms. The minimum absolute atomic E-state index is 0.134. The van der Waals surface area contributed by atoms with E-state index in [4.69, 9.17) is 11.6 Å². The highest BCUT2D eigenvalue weighted by molar-refractivity contribution is 6.17. The number of hydrogen-bond acceptors (Lipinski definition) is 2. The lowest BCUT2D eigenvalue weighted by Crippen LogP contribution is -1.91. The number of phenolic OH excluding ortho intramolecular Hbond substituents is 1. The molecule has 80 valence electrons. The molecule has 3 heteroatoms. The Balaban J connectivity index is 3.16. The predicted octanol–water partition coefficient (Wildman–Crippen LogP) is 3.54. The van der Waals surface area contributed by atoms with Crippen molar-refractivity contribution in [1.29, 1.82) is 0 Å². The van der Waals surface area contributed by atoms with Gasteiger partial charge in [0, 0.05) is 11.4 Å². The summed E-state index contributed by atoms with van der Waals surface area (Å²) in [4.78, 5) is 3.81. The number of aliphatic imine (C=N–C) groups is 1. The Kier molecular flexibility index (Phi) is 4.37. The summed E-state index contributed by atoms with van der Waals surface area (Å²) < 4.78 is 0. The van der Waals surface area contributed by atoms with Crippen LogP contribution < -0.4 is 0 Å². The Morgan fingerprint density at radius 3 is 2.73 bits per heavy atom. The van der Waals surface area contributed by atoms with Gasteiger partial charge in [0.25, 0.3) is 0 Å². The summed E-state index contributed by atoms with van der Waals surface area (Å²) in [5, 5.41) is 9.56. The Morgan fingerprint density at radius 1 is 1.47 bits per heavy atom. The SMILES string of the molecule is C=Cc1c(CCCCl)ccc(O)c1N=C. The van der Waals surface area contributed by atoms with Crippen LogP contribution in [0.15, 0.2) is 23.7 Å². The highest BCUT2D eigenvalue weighted by Crippen LogP contribution is 2.33. The quantitative estimate of drug-likeness (QED) is 0.601. The van der Waals surface area contributed by atoms with E-state index < -0.39 is 0 Å². The van der Waals surface area contributed by atoms with E-state index in [9.17, 15) is 5.11 Å². The molecule has 0 fully saturated rings. The topological polar surface area (TPSA) is 32.6 Å². The second kappa shape index (κ2) is 5.56. The number of benzene rings is 1. The van der Waals surface area contributed by atoms with Crippen LogP contribution in [0.1, 0.15) is 17.5 Å². The smallest absolute Gasteiger partial charge is 0.141 e. The maximum atomic E-state index is 9.56. The molecule has 0 unspecified atom stereocenters. The van der Waals surface area contributed by atoms with Crippen LogP contribution in [-0.4, -0.2) is 17.7 Å². The van der Waals surface area contributed by atoms with Gasteiger partial charge in [-0.05, 0) is 31.2 Å². The first-order chi connectivity index (χ1) is 7.24. The molecule has 0 saturated carbocycles. The molecule has 0 aliphatic heterocycles. The number of rotatable bonds is 5. The van der Waals surface area contributed by atoms with E-state index in [2.05, 4.69) is 18.3 Å². The Labute approximate surface area is 94.9 Å². The van der Waals surface area contributed by atoms with Crippen molar-refractivity contribution in [3.63, 3.8) is 0 Å². The first kappa shape index (κ1) is 11.8. The molecular weight excluding hydrogens is 210 g/mol. The first-order valence-corrected chi connectivity index (χ1v) is 5.28. The largest absolute Gasteiger partial charge is 0.506 e. The van der Waals surface area contributed by atoms with Crippen LogP contribution >= 0.6 is 11.6 Å². The van der Waals surface area contributed by atoms with Crippen molar-refractivity contribution in [3.8, 4) is 5.75 Å². The molecule has 0 atom stereocenters. The van der Waals surface area contributed by atoms with Crippen LogP contribution in [0.4, 0.5) is 5.69 Å². The van der Waals surface area contributed by atoms with Crippen molar-refractivity contribution in [3.05, 3.63) is 29.8 Å². The monoisotopic (exact) mass is 223 g/mol. The van der Waals surface area contributed by atoms with Gasteiger partial charge >= 0.3 is 0 Å². The summed E-state index contributed by atoms with van der Waals surface area (Å²) in [5.41, 5.74) is 2.43. The second-order valence-electron chi connectivity index (χ2n) is 3.16. The van der Waals surface area contributed by atoms with E-state index >= 15 is 0 Å². The zero-order chi connectivity index (χ0) is 11.3. The standard InChI is InChI=1S/C12H14ClNO/c1-3-10-9(5-4-8-13)6-7-11(15)12(10)14-2/h3,6-7,15H,1-2,4-5,8H2. The van der Waals surface area contributed by atoms with Crippen molar-refractivity contribution < 1.29 is 5.11 Å². The number of hydrogen-bond donors (Lipinski definition) is 1. The van der Waals surface area contributed by atoms with Crippen molar-refractivity contribution in [2.24, 2.45) is 4.99 Å². The number of halogens is 1. The molecule has 0 spiro atoms. The summed E-state index contributed by atoms with van der Waals surface area (Å²) in [5.74, 6) is 0.753. The number of phenols is 1. The van der Waals surface area contributed by atoms with E-state index in [0.717, 1.165) is 24.0 Å². The van der Waals surface area contributed by atoms with Crippen LogP contribution in [0.3, 0.4) is 0 Å². The lowest BCUT2D eigenvalue weighted by Gasteiger charge is -2.09. The van der Waals surface area contributed by atoms with Crippen LogP contribution in [0.2, 0.25) is 0 Å². The average molecular weight is 224 g/mol. The summed E-state index contributed by atoms with van der Waals surface area (Å²) in [6, 6.07) is 3.49. The van der Waals surface area contributed by atoms with Crippen molar-refractivity contribution >= 4 is 30.1 Å². The fraction of sp³-hybridized carbons (Fsp3) is 0.250. The lowest BCUT2D eigenvalue weighted by molar-refractivity contribution is 0.476. The predicted molar refractivity (Wildman–Crippen MR) is 66.4 cm³/mol. The molecule has 0 radical (unpaired) electrons. The minimum Gasteiger partial charge on any atom is -0.506 e. The van der Waals surface area contributed by atoms with Crippen molar-refractivity contribution in [2.45, 2.75) is 12.8 Å². The van der Waals surface area contributed by atoms with E-state index in [0.29, 0.717) is 11.6 Å². The highest BCUT2D eigenvalue weighted by Gasteiger charge is 2.08. The van der Waals surface area contributed by atoms with Gasteiger partial charge in [-0.2, -0.15) is 0 Å². The summed E-state index contributed by atoms with van der Waals surface area (Å²) in [6.07, 6.45) is 3.44. The van der Waals surface area contributed by atoms with Gasteiger partial charge in [0.05, 0.1) is 0 Å². The van der Waals surface area contributed by atoms with Crippen LogP contribution in [0.25, 0.3) is 6.08 Å². The molecule has 0 bridgehead atoms. The van der Waals surface area contributed by atoms with Crippen LogP contribution in [0, 0.1) is 0 Å². The fourth-order valence-corrected chi connectivity index (χ4v) is 1.64. The molecule has 0 aliphatic rings. The van der Waals surface area contributed by atoms with Gasteiger partial charge in [-0.1, -0.05) is 18.7 Å². The van der Waals surface area contributed by atoms with Gasteiger partial charge in [0.1, 0.15) is 11.4 Å². The lowest BCUT2D eigenvalue weighted by atomic mass is 10.0. The van der Waals surface area contributed by atoms with Crippen molar-refractivity contribution in [1.82, 2.24) is 0 Å². The molecule has 1 aromatic carbocycles. The number of nitrogens with zero attached hydrogens (tertiary/aromatic N) is 1. The normalized spacial score (nSPS) is 9.93. The first-order valence-electron chi connectivity index (χ1n) is 4.74. The molecule has 1 N–H and O–H groups in total. The molecular formula is C12H14ClNO. The van der Waals surface area contributed by atoms with Gasteiger partial charge in [-0.15, -0.1) is 11.6 Å². The Hall–Kier alpha value is -1.28. The molecule has 0 saturated heterocycles. The average Bonchev–Trinajstić information content (AvgIpc) is 2.26. The van der Waals surface area contributed by atoms with Crippen LogP contribution in [-0.2, 0) is 6.42 Å². The highest BCUT2D eigenvalue weighted by atomic mass is 35.5. The third-order valence-corrected chi connectivity index (χ3v) is 2.50. The second-order valence-corrected chi connectivity index (χ2v) is 3.54. The Morgan fingerprint density at radius 2 is 2.20 bits per heavy atom. The van der Waals surface area contributed by atoms with E-state index in [-0.39, 0.29) is 5.75 Å².